The molecule has 2 rings (SSSR count). The van der Waals surface area contributed by atoms with Gasteiger partial charge < -0.3 is 5.32 Å². The highest BCUT2D eigenvalue weighted by Gasteiger charge is 2.22. The number of hydrogen-bond acceptors (Lipinski definition) is 1. The molecule has 1 saturated carbocycles. The van der Waals surface area contributed by atoms with Crippen LogP contribution in [0.2, 0.25) is 0 Å². The van der Waals surface area contributed by atoms with Crippen molar-refractivity contribution in [2.45, 2.75) is 45.1 Å². The van der Waals surface area contributed by atoms with E-state index in [1.807, 2.05) is 0 Å². The molecular weight excluding hydrogens is 321 g/mol. The molecule has 1 atom stereocenters. The standard InChI is InChI=1S/C15H22IN/c1-2-9-17-15(10-12-5-3-6-12)13-7-4-8-14(16)11-13/h4,7-8,11-12,15,17H,2-3,5-6,9-10H2,1H3. The lowest BCUT2D eigenvalue weighted by molar-refractivity contribution is 0.261. The maximum absolute atomic E-state index is 3.71. The molecule has 17 heavy (non-hydrogen) atoms. The highest BCUT2D eigenvalue weighted by molar-refractivity contribution is 14.1. The molecule has 2 heteroatoms. The third-order valence-electron chi connectivity index (χ3n) is 3.69. The van der Waals surface area contributed by atoms with E-state index in [-0.39, 0.29) is 0 Å². The van der Waals surface area contributed by atoms with E-state index < -0.39 is 0 Å². The SMILES string of the molecule is CCCNC(CC1CCC1)c1cccc(I)c1. The van der Waals surface area contributed by atoms with Gasteiger partial charge in [-0.2, -0.15) is 0 Å². The van der Waals surface area contributed by atoms with Crippen LogP contribution < -0.4 is 5.32 Å². The number of benzene rings is 1. The summed E-state index contributed by atoms with van der Waals surface area (Å²) in [5, 5.41) is 3.71. The molecule has 1 unspecified atom stereocenters. The molecule has 1 N–H and O–H groups in total. The van der Waals surface area contributed by atoms with Crippen LogP contribution in [0.3, 0.4) is 0 Å². The fourth-order valence-electron chi connectivity index (χ4n) is 2.44. The molecule has 0 spiro atoms. The van der Waals surface area contributed by atoms with Gasteiger partial charge in [0.15, 0.2) is 0 Å². The Bertz CT molecular complexity index is 347. The normalized spacial score (nSPS) is 17.8. The zero-order valence-corrected chi connectivity index (χ0v) is 12.7. The van der Waals surface area contributed by atoms with E-state index in [2.05, 4.69) is 59.1 Å². The second-order valence-electron chi connectivity index (χ2n) is 5.09. The molecule has 0 aromatic heterocycles. The quantitative estimate of drug-likeness (QED) is 0.749. The fourth-order valence-corrected chi connectivity index (χ4v) is 3.01. The first kappa shape index (κ1) is 13.3. The second-order valence-corrected chi connectivity index (χ2v) is 6.34. The van der Waals surface area contributed by atoms with Crippen molar-refractivity contribution >= 4 is 22.6 Å². The monoisotopic (exact) mass is 343 g/mol. The number of halogens is 1. The highest BCUT2D eigenvalue weighted by atomic mass is 127. The first-order chi connectivity index (χ1) is 8.29. The first-order valence-corrected chi connectivity index (χ1v) is 7.86. The summed E-state index contributed by atoms with van der Waals surface area (Å²) in [6, 6.07) is 9.51. The van der Waals surface area contributed by atoms with Crippen molar-refractivity contribution in [3.63, 3.8) is 0 Å². The molecule has 0 radical (unpaired) electrons. The Morgan fingerprint density at radius 1 is 1.41 bits per heavy atom. The molecule has 1 nitrogen and oxygen atoms in total. The van der Waals surface area contributed by atoms with Gasteiger partial charge in [-0.15, -0.1) is 0 Å². The number of hydrogen-bond donors (Lipinski definition) is 1. The number of rotatable bonds is 6. The summed E-state index contributed by atoms with van der Waals surface area (Å²) in [7, 11) is 0. The lowest BCUT2D eigenvalue weighted by Crippen LogP contribution is -2.26. The van der Waals surface area contributed by atoms with Gasteiger partial charge in [-0.1, -0.05) is 38.3 Å². The van der Waals surface area contributed by atoms with E-state index in [0.717, 1.165) is 12.5 Å². The molecule has 0 bridgehead atoms. The van der Waals surface area contributed by atoms with Crippen molar-refractivity contribution in [1.82, 2.24) is 5.32 Å². The van der Waals surface area contributed by atoms with Gasteiger partial charge in [0.25, 0.3) is 0 Å². The average molecular weight is 343 g/mol. The minimum absolute atomic E-state index is 0.565. The van der Waals surface area contributed by atoms with Crippen molar-refractivity contribution in [2.24, 2.45) is 5.92 Å². The lowest BCUT2D eigenvalue weighted by atomic mass is 9.79. The van der Waals surface area contributed by atoms with Crippen LogP contribution in [-0.4, -0.2) is 6.54 Å². The average Bonchev–Trinajstić information content (AvgIpc) is 2.27. The van der Waals surface area contributed by atoms with Crippen LogP contribution in [0.25, 0.3) is 0 Å². The lowest BCUT2D eigenvalue weighted by Gasteiger charge is -2.30. The van der Waals surface area contributed by atoms with Gasteiger partial charge in [0.2, 0.25) is 0 Å². The summed E-state index contributed by atoms with van der Waals surface area (Å²) in [5.41, 5.74) is 1.47. The topological polar surface area (TPSA) is 12.0 Å². The molecule has 94 valence electrons. The van der Waals surface area contributed by atoms with E-state index in [0.29, 0.717) is 6.04 Å². The fraction of sp³-hybridized carbons (Fsp3) is 0.600. The maximum atomic E-state index is 3.71. The van der Waals surface area contributed by atoms with Gasteiger partial charge in [-0.3, -0.25) is 0 Å². The Balaban J connectivity index is 2.02. The van der Waals surface area contributed by atoms with Crippen molar-refractivity contribution in [3.8, 4) is 0 Å². The molecule has 0 aliphatic heterocycles. The van der Waals surface area contributed by atoms with Gasteiger partial charge in [0, 0.05) is 9.61 Å². The molecule has 1 aromatic rings. The third-order valence-corrected chi connectivity index (χ3v) is 4.36. The molecule has 1 fully saturated rings. The highest BCUT2D eigenvalue weighted by Crippen LogP contribution is 2.34. The molecular formula is C15H22IN. The van der Waals surface area contributed by atoms with Gasteiger partial charge >= 0.3 is 0 Å². The van der Waals surface area contributed by atoms with Crippen molar-refractivity contribution in [1.29, 1.82) is 0 Å². The van der Waals surface area contributed by atoms with Gasteiger partial charge in [-0.25, -0.2) is 0 Å². The first-order valence-electron chi connectivity index (χ1n) is 6.78. The zero-order chi connectivity index (χ0) is 12.1. The Morgan fingerprint density at radius 3 is 2.82 bits per heavy atom. The van der Waals surface area contributed by atoms with Crippen LogP contribution in [0.4, 0.5) is 0 Å². The van der Waals surface area contributed by atoms with Crippen LogP contribution in [0.15, 0.2) is 24.3 Å². The Kier molecular flexibility index (Phi) is 5.29. The molecule has 0 heterocycles. The van der Waals surface area contributed by atoms with Crippen LogP contribution in [0.5, 0.6) is 0 Å². The van der Waals surface area contributed by atoms with Crippen molar-refractivity contribution in [2.75, 3.05) is 6.54 Å². The van der Waals surface area contributed by atoms with E-state index >= 15 is 0 Å². The maximum Gasteiger partial charge on any atom is 0.0323 e. The van der Waals surface area contributed by atoms with Crippen LogP contribution in [0, 0.1) is 9.49 Å². The Hall–Kier alpha value is -0.0900. The summed E-state index contributed by atoms with van der Waals surface area (Å²) in [5.74, 6) is 0.960. The van der Waals surface area contributed by atoms with Gasteiger partial charge in [-0.05, 0) is 65.6 Å². The largest absolute Gasteiger partial charge is 0.310 e. The third kappa shape index (κ3) is 3.95. The number of nitrogens with one attached hydrogen (secondary N) is 1. The van der Waals surface area contributed by atoms with E-state index in [1.54, 1.807) is 0 Å². The smallest absolute Gasteiger partial charge is 0.0323 e. The molecule has 0 saturated heterocycles. The van der Waals surface area contributed by atoms with Crippen LogP contribution in [-0.2, 0) is 0 Å². The molecule has 1 aromatic carbocycles. The van der Waals surface area contributed by atoms with Gasteiger partial charge in [0.1, 0.15) is 0 Å². The van der Waals surface area contributed by atoms with Crippen LogP contribution in [0.1, 0.15) is 50.6 Å². The molecule has 0 amide bonds. The van der Waals surface area contributed by atoms with Gasteiger partial charge in [0.05, 0.1) is 0 Å². The predicted octanol–water partition coefficient (Wildman–Crippen LogP) is 4.52. The minimum Gasteiger partial charge on any atom is -0.310 e. The summed E-state index contributed by atoms with van der Waals surface area (Å²) in [6.07, 6.45) is 6.85. The molecule has 1 aliphatic rings. The van der Waals surface area contributed by atoms with E-state index in [1.165, 1.54) is 41.2 Å². The molecule has 1 aliphatic carbocycles. The Morgan fingerprint density at radius 2 is 2.24 bits per heavy atom. The second kappa shape index (κ2) is 6.74. The van der Waals surface area contributed by atoms with Crippen molar-refractivity contribution < 1.29 is 0 Å². The predicted molar refractivity (Wildman–Crippen MR) is 82.2 cm³/mol. The minimum atomic E-state index is 0.565. The Labute approximate surface area is 119 Å². The summed E-state index contributed by atoms with van der Waals surface area (Å²) >= 11 is 2.41. The summed E-state index contributed by atoms with van der Waals surface area (Å²) in [6.45, 7) is 3.37. The van der Waals surface area contributed by atoms with E-state index in [4.69, 9.17) is 0 Å². The summed E-state index contributed by atoms with van der Waals surface area (Å²) in [4.78, 5) is 0. The van der Waals surface area contributed by atoms with E-state index in [9.17, 15) is 0 Å². The van der Waals surface area contributed by atoms with Crippen molar-refractivity contribution in [3.05, 3.63) is 33.4 Å². The van der Waals surface area contributed by atoms with Crippen LogP contribution >= 0.6 is 22.6 Å². The zero-order valence-electron chi connectivity index (χ0n) is 10.6. The summed E-state index contributed by atoms with van der Waals surface area (Å²) < 4.78 is 1.34.